The first kappa shape index (κ1) is 21.0. The van der Waals surface area contributed by atoms with E-state index >= 15 is 0 Å². The van der Waals surface area contributed by atoms with Crippen molar-refractivity contribution in [2.75, 3.05) is 17.2 Å². The van der Waals surface area contributed by atoms with Crippen molar-refractivity contribution < 1.29 is 28.2 Å². The van der Waals surface area contributed by atoms with Gasteiger partial charge in [0.1, 0.15) is 40.5 Å². The summed E-state index contributed by atoms with van der Waals surface area (Å²) < 4.78 is 34.4. The first-order chi connectivity index (χ1) is 15.4. The third-order valence-electron chi connectivity index (χ3n) is 4.82. The summed E-state index contributed by atoms with van der Waals surface area (Å²) in [5, 5.41) is 19.0. The summed E-state index contributed by atoms with van der Waals surface area (Å²) in [7, 11) is 0. The lowest BCUT2D eigenvalue weighted by molar-refractivity contribution is -0.132. The van der Waals surface area contributed by atoms with Crippen LogP contribution in [-0.4, -0.2) is 33.4 Å². The summed E-state index contributed by atoms with van der Waals surface area (Å²) in [6, 6.07) is 8.70. The zero-order chi connectivity index (χ0) is 22.8. The molecule has 0 saturated carbocycles. The molecule has 3 aromatic rings. The number of halogens is 2. The van der Waals surface area contributed by atoms with Crippen LogP contribution in [0.5, 0.6) is 5.75 Å². The second-order valence-electron chi connectivity index (χ2n) is 6.88. The molecule has 0 radical (unpaired) electrons. The van der Waals surface area contributed by atoms with Crippen LogP contribution in [0, 0.1) is 11.6 Å². The number of anilines is 2. The fraction of sp³-hybridized carbons (Fsp3) is 0.136. The number of benzene rings is 2. The second-order valence-corrected chi connectivity index (χ2v) is 6.88. The van der Waals surface area contributed by atoms with E-state index in [9.17, 15) is 23.5 Å². The molecule has 1 aliphatic rings. The van der Waals surface area contributed by atoms with E-state index in [0.29, 0.717) is 24.1 Å². The van der Waals surface area contributed by atoms with Gasteiger partial charge in [0.25, 0.3) is 5.91 Å². The number of rotatable bonds is 6. The summed E-state index contributed by atoms with van der Waals surface area (Å²) in [6.45, 7) is 2.37. The van der Waals surface area contributed by atoms with E-state index < -0.39 is 29.6 Å². The number of aliphatic carboxylic acids is 1. The van der Waals surface area contributed by atoms with Crippen molar-refractivity contribution in [2.24, 2.45) is 0 Å². The Kier molecular flexibility index (Phi) is 5.59. The fourth-order valence-electron chi connectivity index (χ4n) is 3.35. The van der Waals surface area contributed by atoms with E-state index in [4.69, 9.17) is 4.74 Å². The average Bonchev–Trinajstić information content (AvgIpc) is 3.19. The van der Waals surface area contributed by atoms with Crippen molar-refractivity contribution in [3.05, 3.63) is 83.2 Å². The van der Waals surface area contributed by atoms with Crippen LogP contribution in [0.15, 0.2) is 60.4 Å². The Morgan fingerprint density at radius 3 is 2.62 bits per heavy atom. The SMILES string of the molecule is CCOc1ccc(NC(=O)c2cnn3c2NC(C(=O)O)=C[C@H]3c2ccc(F)cc2F)cc1. The van der Waals surface area contributed by atoms with Crippen LogP contribution in [0.4, 0.5) is 20.3 Å². The number of carbonyl (C=O) groups is 2. The Morgan fingerprint density at radius 1 is 1.22 bits per heavy atom. The lowest BCUT2D eigenvalue weighted by Crippen LogP contribution is -2.26. The van der Waals surface area contributed by atoms with Gasteiger partial charge in [-0.25, -0.2) is 18.3 Å². The second kappa shape index (κ2) is 8.50. The molecule has 0 unspecified atom stereocenters. The molecule has 0 aliphatic carbocycles. The number of nitrogens with one attached hydrogen (secondary N) is 2. The van der Waals surface area contributed by atoms with E-state index in [2.05, 4.69) is 15.7 Å². The third-order valence-corrected chi connectivity index (χ3v) is 4.82. The average molecular weight is 440 g/mol. The normalized spacial score (nSPS) is 14.7. The van der Waals surface area contributed by atoms with Crippen molar-refractivity contribution in [1.82, 2.24) is 9.78 Å². The van der Waals surface area contributed by atoms with Gasteiger partial charge < -0.3 is 20.5 Å². The molecule has 3 N–H and O–H groups in total. The summed E-state index contributed by atoms with van der Waals surface area (Å²) in [5.74, 6) is -2.76. The lowest BCUT2D eigenvalue weighted by Gasteiger charge is -2.24. The molecule has 164 valence electrons. The van der Waals surface area contributed by atoms with Gasteiger partial charge in [0.2, 0.25) is 0 Å². The monoisotopic (exact) mass is 440 g/mol. The molecule has 1 aliphatic heterocycles. The number of carboxylic acids is 1. The summed E-state index contributed by atoms with van der Waals surface area (Å²) in [6.07, 6.45) is 2.49. The molecule has 0 fully saturated rings. The molecule has 0 bridgehead atoms. The van der Waals surface area contributed by atoms with Crippen molar-refractivity contribution in [2.45, 2.75) is 13.0 Å². The standard InChI is InChI=1S/C22H18F2N4O4/c1-2-32-14-6-4-13(5-7-14)26-21(29)16-11-25-28-19(10-18(22(30)31)27-20(16)28)15-8-3-12(23)9-17(15)24/h3-11,19,27H,2H2,1H3,(H,26,29)(H,30,31)/t19-/m0/s1. The number of aromatic nitrogens is 2. The van der Waals surface area contributed by atoms with Crippen LogP contribution in [0.25, 0.3) is 0 Å². The van der Waals surface area contributed by atoms with Gasteiger partial charge in [0.05, 0.1) is 12.8 Å². The minimum atomic E-state index is -1.30. The molecule has 1 aromatic heterocycles. The molecule has 10 heteroatoms. The van der Waals surface area contributed by atoms with Gasteiger partial charge in [-0.15, -0.1) is 0 Å². The number of hydrogen-bond donors (Lipinski definition) is 3. The van der Waals surface area contributed by atoms with E-state index in [1.807, 2.05) is 6.92 Å². The minimum absolute atomic E-state index is 0.00877. The van der Waals surface area contributed by atoms with Crippen LogP contribution >= 0.6 is 0 Å². The van der Waals surface area contributed by atoms with E-state index in [-0.39, 0.29) is 22.6 Å². The Hall–Kier alpha value is -4.21. The largest absolute Gasteiger partial charge is 0.494 e. The number of carboxylic acid groups (broad SMARTS) is 1. The van der Waals surface area contributed by atoms with Gasteiger partial charge in [0.15, 0.2) is 0 Å². The van der Waals surface area contributed by atoms with E-state index in [1.54, 1.807) is 24.3 Å². The molecule has 1 amide bonds. The van der Waals surface area contributed by atoms with Gasteiger partial charge in [-0.05, 0) is 43.3 Å². The number of carbonyl (C=O) groups excluding carboxylic acids is 1. The zero-order valence-electron chi connectivity index (χ0n) is 16.8. The Labute approximate surface area is 181 Å². The smallest absolute Gasteiger partial charge is 0.352 e. The maximum atomic E-state index is 14.4. The van der Waals surface area contributed by atoms with Gasteiger partial charge in [-0.3, -0.25) is 4.79 Å². The first-order valence-electron chi connectivity index (χ1n) is 9.66. The summed E-state index contributed by atoms with van der Waals surface area (Å²) in [5.41, 5.74) is 0.291. The van der Waals surface area contributed by atoms with E-state index in [1.165, 1.54) is 23.0 Å². The summed E-state index contributed by atoms with van der Waals surface area (Å²) >= 11 is 0. The molecule has 4 rings (SSSR count). The highest BCUT2D eigenvalue weighted by atomic mass is 19.1. The van der Waals surface area contributed by atoms with E-state index in [0.717, 1.165) is 6.07 Å². The van der Waals surface area contributed by atoms with Gasteiger partial charge in [-0.1, -0.05) is 6.07 Å². The molecule has 8 nitrogen and oxygen atoms in total. The number of ether oxygens (including phenoxy) is 1. The number of allylic oxidation sites excluding steroid dienone is 1. The van der Waals surface area contributed by atoms with Crippen LogP contribution in [0.3, 0.4) is 0 Å². The fourth-order valence-corrected chi connectivity index (χ4v) is 3.35. The maximum absolute atomic E-state index is 14.4. The highest BCUT2D eigenvalue weighted by Gasteiger charge is 2.30. The number of nitrogens with zero attached hydrogens (tertiary/aromatic N) is 2. The van der Waals surface area contributed by atoms with Gasteiger partial charge >= 0.3 is 5.97 Å². The van der Waals surface area contributed by atoms with Crippen molar-refractivity contribution in [3.8, 4) is 5.75 Å². The number of hydrogen-bond acceptors (Lipinski definition) is 5. The molecule has 2 heterocycles. The molecule has 1 atom stereocenters. The predicted octanol–water partition coefficient (Wildman–Crippen LogP) is 3.80. The van der Waals surface area contributed by atoms with Crippen LogP contribution < -0.4 is 15.4 Å². The molecule has 32 heavy (non-hydrogen) atoms. The molecule has 0 spiro atoms. The Balaban J connectivity index is 1.67. The van der Waals surface area contributed by atoms with Crippen molar-refractivity contribution in [3.63, 3.8) is 0 Å². The molecular weight excluding hydrogens is 422 g/mol. The maximum Gasteiger partial charge on any atom is 0.352 e. The predicted molar refractivity (Wildman–Crippen MR) is 112 cm³/mol. The van der Waals surface area contributed by atoms with Gasteiger partial charge in [-0.2, -0.15) is 5.10 Å². The quantitative estimate of drug-likeness (QED) is 0.539. The minimum Gasteiger partial charge on any atom is -0.494 e. The molecular formula is C22H18F2N4O4. The molecule has 0 saturated heterocycles. The number of amides is 1. The topological polar surface area (TPSA) is 105 Å². The van der Waals surface area contributed by atoms with Gasteiger partial charge in [0, 0.05) is 17.3 Å². The highest BCUT2D eigenvalue weighted by Crippen LogP contribution is 2.33. The third kappa shape index (κ3) is 4.02. The van der Waals surface area contributed by atoms with Crippen molar-refractivity contribution >= 4 is 23.4 Å². The Bertz CT molecular complexity index is 1220. The highest BCUT2D eigenvalue weighted by molar-refractivity contribution is 6.08. The summed E-state index contributed by atoms with van der Waals surface area (Å²) in [4.78, 5) is 24.5. The Morgan fingerprint density at radius 2 is 1.97 bits per heavy atom. The van der Waals surface area contributed by atoms with Crippen LogP contribution in [0.2, 0.25) is 0 Å². The zero-order valence-corrected chi connectivity index (χ0v) is 16.8. The van der Waals surface area contributed by atoms with Crippen molar-refractivity contribution in [1.29, 1.82) is 0 Å². The number of fused-ring (bicyclic) bond motifs is 1. The van der Waals surface area contributed by atoms with Crippen LogP contribution in [-0.2, 0) is 4.79 Å². The lowest BCUT2D eigenvalue weighted by atomic mass is 10.0. The first-order valence-corrected chi connectivity index (χ1v) is 9.66. The molecule has 2 aromatic carbocycles. The van der Waals surface area contributed by atoms with Crippen LogP contribution in [0.1, 0.15) is 28.9 Å².